The summed E-state index contributed by atoms with van der Waals surface area (Å²) in [6.07, 6.45) is 2.46. The average molecular weight is 632 g/mol. The number of hydrogen-bond donors (Lipinski definition) is 2. The highest BCUT2D eigenvalue weighted by Crippen LogP contribution is 2.29. The van der Waals surface area contributed by atoms with Gasteiger partial charge in [0, 0.05) is 38.3 Å². The lowest BCUT2D eigenvalue weighted by Crippen LogP contribution is -2.48. The van der Waals surface area contributed by atoms with Crippen molar-refractivity contribution in [2.24, 2.45) is 5.92 Å². The van der Waals surface area contributed by atoms with Gasteiger partial charge in [-0.2, -0.15) is 4.31 Å². The predicted molar refractivity (Wildman–Crippen MR) is 159 cm³/mol. The second-order valence-electron chi connectivity index (χ2n) is 10.6. The number of aliphatic hydroxyl groups excluding tert-OH is 1. The first kappa shape index (κ1) is 33.3. The van der Waals surface area contributed by atoms with Gasteiger partial charge in [0.1, 0.15) is 9.96 Å². The molecule has 3 rings (SSSR count). The summed E-state index contributed by atoms with van der Waals surface area (Å²) in [5, 5.41) is 11.8. The molecule has 0 saturated carbocycles. The molecule has 0 spiro atoms. The van der Waals surface area contributed by atoms with Gasteiger partial charge >= 0.3 is 0 Å². The fraction of sp³-hybridized carbons (Fsp3) is 0.593. The van der Waals surface area contributed by atoms with Crippen LogP contribution in [0.2, 0.25) is 0 Å². The van der Waals surface area contributed by atoms with E-state index in [0.717, 1.165) is 30.4 Å². The molecule has 41 heavy (non-hydrogen) atoms. The molecule has 2 aromatic rings. The van der Waals surface area contributed by atoms with Crippen molar-refractivity contribution < 1.29 is 36.2 Å². The van der Waals surface area contributed by atoms with Gasteiger partial charge in [-0.1, -0.05) is 13.0 Å². The molecule has 1 aromatic carbocycles. The maximum absolute atomic E-state index is 14.0. The maximum Gasteiger partial charge on any atom is 0.258 e. The molecule has 0 bridgehead atoms. The number of fused-ring (bicyclic) bond motifs is 1. The zero-order chi connectivity index (χ0) is 30.4. The third-order valence-electron chi connectivity index (χ3n) is 6.95. The van der Waals surface area contributed by atoms with Crippen molar-refractivity contribution in [3.8, 4) is 5.75 Å². The monoisotopic (exact) mass is 631 g/mol. The van der Waals surface area contributed by atoms with Crippen LogP contribution in [0.25, 0.3) is 0 Å². The van der Waals surface area contributed by atoms with Gasteiger partial charge in [-0.15, -0.1) is 11.3 Å². The van der Waals surface area contributed by atoms with E-state index in [4.69, 9.17) is 9.47 Å². The van der Waals surface area contributed by atoms with E-state index < -0.39 is 38.1 Å². The number of sulfonamides is 2. The topological polar surface area (TPSA) is 143 Å². The maximum atomic E-state index is 14.0. The third kappa shape index (κ3) is 9.13. The molecule has 0 saturated heterocycles. The molecule has 14 heteroatoms. The molecular weight excluding hydrogens is 591 g/mol. The van der Waals surface area contributed by atoms with Gasteiger partial charge in [0.25, 0.3) is 15.9 Å². The summed E-state index contributed by atoms with van der Waals surface area (Å²) >= 11 is 1.14. The zero-order valence-corrected chi connectivity index (χ0v) is 26.6. The SMILES string of the molecule is C[C@H](CO)N1C[C@H](C)[C@@H](CN(C)S(=O)(=O)c2cccs2)OCCCC[C@H](C)Oc2ccc(NS(C)(=O)=O)cc2C1=O. The number of benzene rings is 1. The second-order valence-corrected chi connectivity index (χ2v) is 15.6. The standard InChI is InChI=1S/C27H41N3O8S3/c1-19-16-30(20(2)18-31)27(32)23-15-22(28-40(5,33)34)11-12-24(23)38-21(3)9-6-7-13-37-25(19)17-29(4)41(35,36)26-10-8-14-39-26/h8,10-12,14-15,19-21,25,28,31H,6-7,9,13,16-18H2,1-5H3/t19-,20+,21-,25+/m0/s1. The lowest BCUT2D eigenvalue weighted by atomic mass is 10.0. The Balaban J connectivity index is 1.98. The van der Waals surface area contributed by atoms with E-state index in [2.05, 4.69) is 4.72 Å². The molecule has 2 heterocycles. The van der Waals surface area contributed by atoms with Gasteiger partial charge in [0.2, 0.25) is 10.0 Å². The van der Waals surface area contributed by atoms with E-state index in [1.165, 1.54) is 22.3 Å². The number of nitrogens with one attached hydrogen (secondary N) is 1. The summed E-state index contributed by atoms with van der Waals surface area (Å²) in [5.41, 5.74) is 0.369. The molecule has 1 aliphatic rings. The molecule has 1 aliphatic heterocycles. The molecule has 230 valence electrons. The molecule has 0 unspecified atom stereocenters. The van der Waals surface area contributed by atoms with Crippen molar-refractivity contribution >= 4 is 43.0 Å². The summed E-state index contributed by atoms with van der Waals surface area (Å²) in [7, 11) is -5.79. The minimum Gasteiger partial charge on any atom is -0.490 e. The number of rotatable bonds is 8. The number of thiophene rings is 1. The first-order chi connectivity index (χ1) is 19.2. The molecule has 11 nitrogen and oxygen atoms in total. The number of carbonyl (C=O) groups excluding carboxylic acids is 1. The number of amides is 1. The number of carbonyl (C=O) groups is 1. The fourth-order valence-corrected chi connectivity index (χ4v) is 7.52. The van der Waals surface area contributed by atoms with Gasteiger partial charge < -0.3 is 19.5 Å². The smallest absolute Gasteiger partial charge is 0.258 e. The van der Waals surface area contributed by atoms with Crippen LogP contribution in [-0.4, -0.2) is 94.9 Å². The molecular formula is C27H41N3O8S3. The van der Waals surface area contributed by atoms with Crippen LogP contribution in [0, 0.1) is 5.92 Å². The van der Waals surface area contributed by atoms with Crippen molar-refractivity contribution in [3.63, 3.8) is 0 Å². The number of hydrogen-bond acceptors (Lipinski definition) is 9. The Bertz CT molecular complexity index is 1370. The van der Waals surface area contributed by atoms with Crippen LogP contribution in [0.3, 0.4) is 0 Å². The highest BCUT2D eigenvalue weighted by atomic mass is 32.2. The summed E-state index contributed by atoms with van der Waals surface area (Å²) in [6.45, 7) is 5.81. The van der Waals surface area contributed by atoms with Gasteiger partial charge in [-0.3, -0.25) is 9.52 Å². The Labute approximate surface area is 247 Å². The van der Waals surface area contributed by atoms with E-state index in [1.807, 2.05) is 13.8 Å². The number of anilines is 1. The minimum atomic E-state index is -3.71. The van der Waals surface area contributed by atoms with E-state index >= 15 is 0 Å². The Kier molecular flexibility index (Phi) is 11.6. The molecule has 1 amide bonds. The van der Waals surface area contributed by atoms with E-state index in [9.17, 15) is 26.7 Å². The van der Waals surface area contributed by atoms with Crippen LogP contribution in [0.5, 0.6) is 5.75 Å². The lowest BCUT2D eigenvalue weighted by molar-refractivity contribution is -0.00832. The van der Waals surface area contributed by atoms with E-state index in [0.29, 0.717) is 18.8 Å². The first-order valence-electron chi connectivity index (χ1n) is 13.5. The van der Waals surface area contributed by atoms with Gasteiger partial charge in [-0.05, 0) is 62.8 Å². The van der Waals surface area contributed by atoms with Crippen LogP contribution >= 0.6 is 11.3 Å². The lowest BCUT2D eigenvalue weighted by Gasteiger charge is -2.35. The summed E-state index contributed by atoms with van der Waals surface area (Å²) in [5.74, 6) is -0.457. The second kappa shape index (κ2) is 14.3. The van der Waals surface area contributed by atoms with Crippen molar-refractivity contribution in [2.45, 2.75) is 62.5 Å². The molecule has 0 aliphatic carbocycles. The Hall–Kier alpha value is -2.23. The van der Waals surface area contributed by atoms with Crippen LogP contribution < -0.4 is 9.46 Å². The van der Waals surface area contributed by atoms with E-state index in [-0.39, 0.29) is 47.2 Å². The van der Waals surface area contributed by atoms with Gasteiger partial charge in [-0.25, -0.2) is 16.8 Å². The molecule has 1 aromatic heterocycles. The van der Waals surface area contributed by atoms with Crippen LogP contribution in [0.4, 0.5) is 5.69 Å². The average Bonchev–Trinajstić information content (AvgIpc) is 3.45. The summed E-state index contributed by atoms with van der Waals surface area (Å²) < 4.78 is 66.3. The van der Waals surface area contributed by atoms with E-state index in [1.54, 1.807) is 36.6 Å². The highest BCUT2D eigenvalue weighted by molar-refractivity contribution is 7.92. The fourth-order valence-electron chi connectivity index (χ4n) is 4.58. The van der Waals surface area contributed by atoms with Crippen LogP contribution in [0.1, 0.15) is 50.4 Å². The van der Waals surface area contributed by atoms with Crippen molar-refractivity contribution in [1.82, 2.24) is 9.21 Å². The quantitative estimate of drug-likeness (QED) is 0.452. The van der Waals surface area contributed by atoms with Crippen molar-refractivity contribution in [2.75, 3.05) is 44.3 Å². The number of nitrogens with zero attached hydrogens (tertiary/aromatic N) is 2. The number of aliphatic hydroxyl groups is 1. The third-order valence-corrected chi connectivity index (χ3v) is 10.8. The zero-order valence-electron chi connectivity index (χ0n) is 24.1. The van der Waals surface area contributed by atoms with Crippen LogP contribution in [-0.2, 0) is 24.8 Å². The predicted octanol–water partition coefficient (Wildman–Crippen LogP) is 3.24. The summed E-state index contributed by atoms with van der Waals surface area (Å²) in [4.78, 5) is 15.5. The first-order valence-corrected chi connectivity index (χ1v) is 17.8. The Morgan fingerprint density at radius 1 is 1.20 bits per heavy atom. The summed E-state index contributed by atoms with van der Waals surface area (Å²) in [6, 6.07) is 7.21. The van der Waals surface area contributed by atoms with Crippen molar-refractivity contribution in [3.05, 3.63) is 41.3 Å². The van der Waals surface area contributed by atoms with Gasteiger partial charge in [0.15, 0.2) is 0 Å². The number of ether oxygens (including phenoxy) is 2. The molecule has 4 atom stereocenters. The normalized spacial score (nSPS) is 22.5. The van der Waals surface area contributed by atoms with Crippen molar-refractivity contribution in [1.29, 1.82) is 0 Å². The molecule has 0 fully saturated rings. The molecule has 2 N–H and O–H groups in total. The van der Waals surface area contributed by atoms with Crippen LogP contribution in [0.15, 0.2) is 39.9 Å². The Morgan fingerprint density at radius 2 is 1.93 bits per heavy atom. The Morgan fingerprint density at radius 3 is 2.56 bits per heavy atom. The number of likely N-dealkylation sites (N-methyl/N-ethyl adjacent to an activating group) is 1. The van der Waals surface area contributed by atoms with Gasteiger partial charge in [0.05, 0.1) is 36.7 Å². The highest BCUT2D eigenvalue weighted by Gasteiger charge is 2.32. The largest absolute Gasteiger partial charge is 0.490 e. The minimum absolute atomic E-state index is 0.0788. The molecule has 0 radical (unpaired) electrons.